The number of benzene rings is 2. The van der Waals surface area contributed by atoms with E-state index in [1.54, 1.807) is 4.90 Å². The van der Waals surface area contributed by atoms with Gasteiger partial charge in [0.1, 0.15) is 0 Å². The summed E-state index contributed by atoms with van der Waals surface area (Å²) in [5.41, 5.74) is 2.10. The van der Waals surface area contributed by atoms with Gasteiger partial charge in [-0.3, -0.25) is 4.79 Å². The van der Waals surface area contributed by atoms with Crippen LogP contribution in [0, 0.1) is 0 Å². The van der Waals surface area contributed by atoms with Crippen LogP contribution in [0.5, 0.6) is 0 Å². The highest BCUT2D eigenvalue weighted by Gasteiger charge is 2.21. The van der Waals surface area contributed by atoms with Crippen molar-refractivity contribution in [2.24, 2.45) is 0 Å². The molecule has 5 heteroatoms. The number of carboxylic acid groups (broad SMARTS) is 1. The Morgan fingerprint density at radius 3 is 2.24 bits per heavy atom. The van der Waals surface area contributed by atoms with Gasteiger partial charge in [-0.1, -0.05) is 60.7 Å². The van der Waals surface area contributed by atoms with Crippen molar-refractivity contribution in [1.82, 2.24) is 10.2 Å². The summed E-state index contributed by atoms with van der Waals surface area (Å²) in [7, 11) is 0. The largest absolute Gasteiger partial charge is 0.481 e. The van der Waals surface area contributed by atoms with Gasteiger partial charge in [-0.2, -0.15) is 0 Å². The van der Waals surface area contributed by atoms with Crippen LogP contribution >= 0.6 is 0 Å². The van der Waals surface area contributed by atoms with E-state index in [-0.39, 0.29) is 18.5 Å². The fraction of sp³-hybridized carbons (Fsp3) is 0.300. The number of nitrogens with one attached hydrogen (secondary N) is 1. The second-order valence-corrected chi connectivity index (χ2v) is 5.93. The van der Waals surface area contributed by atoms with Gasteiger partial charge >= 0.3 is 12.0 Å². The van der Waals surface area contributed by atoms with E-state index in [0.29, 0.717) is 19.5 Å². The van der Waals surface area contributed by atoms with Gasteiger partial charge in [0, 0.05) is 19.5 Å². The third-order valence-electron chi connectivity index (χ3n) is 4.05. The lowest BCUT2D eigenvalue weighted by molar-refractivity contribution is -0.137. The van der Waals surface area contributed by atoms with Crippen molar-refractivity contribution in [3.05, 3.63) is 71.8 Å². The van der Waals surface area contributed by atoms with Crippen LogP contribution in [0.1, 0.15) is 36.9 Å². The van der Waals surface area contributed by atoms with Crippen LogP contribution in [0.4, 0.5) is 4.79 Å². The summed E-state index contributed by atoms with van der Waals surface area (Å²) >= 11 is 0. The molecule has 0 spiro atoms. The van der Waals surface area contributed by atoms with Gasteiger partial charge in [-0.25, -0.2) is 4.79 Å². The smallest absolute Gasteiger partial charge is 0.318 e. The lowest BCUT2D eigenvalue weighted by Crippen LogP contribution is -2.41. The molecule has 0 aromatic heterocycles. The summed E-state index contributed by atoms with van der Waals surface area (Å²) in [5, 5.41) is 11.5. The highest BCUT2D eigenvalue weighted by Crippen LogP contribution is 2.22. The van der Waals surface area contributed by atoms with Crippen molar-refractivity contribution >= 4 is 12.0 Å². The molecule has 132 valence electrons. The Hall–Kier alpha value is -2.82. The minimum atomic E-state index is -0.854. The van der Waals surface area contributed by atoms with E-state index in [2.05, 4.69) is 5.32 Å². The van der Waals surface area contributed by atoms with Crippen LogP contribution in [0.3, 0.4) is 0 Å². The number of nitrogens with zero attached hydrogens (tertiary/aromatic N) is 1. The first-order chi connectivity index (χ1) is 12.1. The molecule has 2 amide bonds. The number of rotatable bonds is 8. The maximum absolute atomic E-state index is 12.7. The summed E-state index contributed by atoms with van der Waals surface area (Å²) in [6, 6.07) is 19.4. The van der Waals surface area contributed by atoms with Crippen LogP contribution in [0.2, 0.25) is 0 Å². The Balaban J connectivity index is 2.08. The molecule has 2 aromatic carbocycles. The fourth-order valence-corrected chi connectivity index (χ4v) is 2.61. The fourth-order valence-electron chi connectivity index (χ4n) is 2.61. The normalized spacial score (nSPS) is 11.6. The van der Waals surface area contributed by atoms with Crippen molar-refractivity contribution in [1.29, 1.82) is 0 Å². The predicted molar refractivity (Wildman–Crippen MR) is 97.1 cm³/mol. The van der Waals surface area contributed by atoms with Crippen molar-refractivity contribution < 1.29 is 14.7 Å². The first-order valence-corrected chi connectivity index (χ1v) is 8.43. The minimum absolute atomic E-state index is 0.0488. The van der Waals surface area contributed by atoms with Gasteiger partial charge in [0.05, 0.1) is 6.04 Å². The maximum atomic E-state index is 12.7. The molecule has 25 heavy (non-hydrogen) atoms. The van der Waals surface area contributed by atoms with Crippen LogP contribution in [0.15, 0.2) is 60.7 Å². The first-order valence-electron chi connectivity index (χ1n) is 8.43. The molecule has 0 saturated heterocycles. The Labute approximate surface area is 148 Å². The average molecular weight is 340 g/mol. The molecule has 0 fully saturated rings. The van der Waals surface area contributed by atoms with Crippen molar-refractivity contribution in [2.75, 3.05) is 6.54 Å². The Kier molecular flexibility index (Phi) is 7.01. The van der Waals surface area contributed by atoms with E-state index >= 15 is 0 Å². The lowest BCUT2D eigenvalue weighted by Gasteiger charge is -2.30. The van der Waals surface area contributed by atoms with Crippen molar-refractivity contribution in [3.63, 3.8) is 0 Å². The molecule has 0 heterocycles. The van der Waals surface area contributed by atoms with E-state index in [1.807, 2.05) is 67.6 Å². The van der Waals surface area contributed by atoms with Gasteiger partial charge in [0.15, 0.2) is 0 Å². The number of aliphatic carboxylic acids is 1. The zero-order valence-electron chi connectivity index (χ0n) is 14.4. The quantitative estimate of drug-likeness (QED) is 0.718. The molecule has 0 aliphatic heterocycles. The molecule has 0 unspecified atom stereocenters. The second-order valence-electron chi connectivity index (χ2n) is 5.93. The van der Waals surface area contributed by atoms with Gasteiger partial charge in [-0.15, -0.1) is 0 Å². The molecular weight excluding hydrogens is 316 g/mol. The third-order valence-corrected chi connectivity index (χ3v) is 4.05. The third kappa shape index (κ3) is 5.95. The summed E-state index contributed by atoms with van der Waals surface area (Å²) < 4.78 is 0. The number of carboxylic acids is 1. The standard InChI is InChI=1S/C20H24N2O3/c1-16(18-11-6-3-7-12-18)22(15-17-9-4-2-5-10-17)20(25)21-14-8-13-19(23)24/h2-7,9-12,16H,8,13-15H2,1H3,(H,21,25)(H,23,24)/t16-/m1/s1. The number of carbonyl (C=O) groups excluding carboxylic acids is 1. The molecule has 2 N–H and O–H groups in total. The molecule has 0 bridgehead atoms. The number of hydrogen-bond donors (Lipinski definition) is 2. The molecule has 0 radical (unpaired) electrons. The van der Waals surface area contributed by atoms with Crippen LogP contribution < -0.4 is 5.32 Å². The van der Waals surface area contributed by atoms with E-state index in [9.17, 15) is 9.59 Å². The molecule has 2 aromatic rings. The molecule has 0 aliphatic carbocycles. The molecule has 5 nitrogen and oxygen atoms in total. The zero-order valence-corrected chi connectivity index (χ0v) is 14.4. The number of urea groups is 1. The summed E-state index contributed by atoms with van der Waals surface area (Å²) in [6.45, 7) is 2.83. The van der Waals surface area contributed by atoms with Gasteiger partial charge < -0.3 is 15.3 Å². The van der Waals surface area contributed by atoms with E-state index in [0.717, 1.165) is 11.1 Å². The summed E-state index contributed by atoms with van der Waals surface area (Å²) in [5.74, 6) is -0.854. The van der Waals surface area contributed by atoms with Gasteiger partial charge in [-0.05, 0) is 24.5 Å². The van der Waals surface area contributed by atoms with Gasteiger partial charge in [0.25, 0.3) is 0 Å². The number of hydrogen-bond acceptors (Lipinski definition) is 2. The van der Waals surface area contributed by atoms with Crippen molar-refractivity contribution in [2.45, 2.75) is 32.4 Å². The SMILES string of the molecule is C[C@H](c1ccccc1)N(Cc1ccccc1)C(=O)NCCCC(=O)O. The lowest BCUT2D eigenvalue weighted by atomic mass is 10.1. The molecule has 1 atom stereocenters. The minimum Gasteiger partial charge on any atom is -0.481 e. The topological polar surface area (TPSA) is 69.6 Å². The summed E-state index contributed by atoms with van der Waals surface area (Å²) in [4.78, 5) is 25.0. The number of amides is 2. The molecule has 2 rings (SSSR count). The average Bonchev–Trinajstić information content (AvgIpc) is 2.64. The molecule has 0 saturated carbocycles. The Morgan fingerprint density at radius 1 is 1.04 bits per heavy atom. The Bertz CT molecular complexity index is 674. The molecular formula is C20H24N2O3. The second kappa shape index (κ2) is 9.47. The highest BCUT2D eigenvalue weighted by molar-refractivity contribution is 5.75. The van der Waals surface area contributed by atoms with Crippen molar-refractivity contribution in [3.8, 4) is 0 Å². The first kappa shape index (κ1) is 18.5. The van der Waals surface area contributed by atoms with Crippen LogP contribution in [-0.2, 0) is 11.3 Å². The predicted octanol–water partition coefficient (Wildman–Crippen LogP) is 3.82. The molecule has 0 aliphatic rings. The van der Waals surface area contributed by atoms with E-state index in [4.69, 9.17) is 5.11 Å². The zero-order chi connectivity index (χ0) is 18.1. The number of carbonyl (C=O) groups is 2. The van der Waals surface area contributed by atoms with Crippen LogP contribution in [-0.4, -0.2) is 28.6 Å². The van der Waals surface area contributed by atoms with Crippen LogP contribution in [0.25, 0.3) is 0 Å². The summed E-state index contributed by atoms with van der Waals surface area (Å²) in [6.07, 6.45) is 0.465. The van der Waals surface area contributed by atoms with E-state index < -0.39 is 5.97 Å². The Morgan fingerprint density at radius 2 is 1.64 bits per heavy atom. The van der Waals surface area contributed by atoms with E-state index in [1.165, 1.54) is 0 Å². The monoisotopic (exact) mass is 340 g/mol. The maximum Gasteiger partial charge on any atom is 0.318 e. The van der Waals surface area contributed by atoms with Gasteiger partial charge in [0.2, 0.25) is 0 Å². The highest BCUT2D eigenvalue weighted by atomic mass is 16.4.